The van der Waals surface area contributed by atoms with Crippen molar-refractivity contribution in [2.45, 2.75) is 19.8 Å². The average molecular weight is 250 g/mol. The Hall–Kier alpha value is -1.42. The molecule has 0 heterocycles. The molecule has 0 aliphatic heterocycles. The van der Waals surface area contributed by atoms with Gasteiger partial charge >= 0.3 is 0 Å². The van der Waals surface area contributed by atoms with Crippen LogP contribution in [0.5, 0.6) is 11.5 Å². The summed E-state index contributed by atoms with van der Waals surface area (Å²) in [5.74, 6) is 1.63. The Kier molecular flexibility index (Phi) is 3.66. The van der Waals surface area contributed by atoms with Crippen molar-refractivity contribution in [3.05, 3.63) is 17.7 Å². The minimum absolute atomic E-state index is 0.303. The SMILES string of the molecule is COc1cc(C)c(NCC2(CN)CC2)c(OC)c1. The zero-order chi connectivity index (χ0) is 13.2. The minimum atomic E-state index is 0.303. The first-order valence-electron chi connectivity index (χ1n) is 6.31. The molecule has 1 aromatic carbocycles. The summed E-state index contributed by atoms with van der Waals surface area (Å²) in [4.78, 5) is 0. The number of nitrogens with one attached hydrogen (secondary N) is 1. The third kappa shape index (κ3) is 2.53. The monoisotopic (exact) mass is 250 g/mol. The maximum Gasteiger partial charge on any atom is 0.145 e. The Morgan fingerprint density at radius 3 is 2.50 bits per heavy atom. The summed E-state index contributed by atoms with van der Waals surface area (Å²) in [6, 6.07) is 3.91. The highest BCUT2D eigenvalue weighted by atomic mass is 16.5. The van der Waals surface area contributed by atoms with E-state index >= 15 is 0 Å². The molecule has 2 rings (SSSR count). The molecule has 1 aliphatic rings. The summed E-state index contributed by atoms with van der Waals surface area (Å²) in [5.41, 5.74) is 8.26. The summed E-state index contributed by atoms with van der Waals surface area (Å²) in [6.07, 6.45) is 2.43. The van der Waals surface area contributed by atoms with Crippen LogP contribution in [0, 0.1) is 12.3 Å². The van der Waals surface area contributed by atoms with E-state index in [2.05, 4.69) is 12.2 Å². The smallest absolute Gasteiger partial charge is 0.145 e. The zero-order valence-electron chi connectivity index (χ0n) is 11.4. The third-order valence-electron chi connectivity index (χ3n) is 3.76. The molecule has 0 bridgehead atoms. The zero-order valence-corrected chi connectivity index (χ0v) is 11.4. The number of hydrogen-bond acceptors (Lipinski definition) is 4. The van der Waals surface area contributed by atoms with Crippen LogP contribution >= 0.6 is 0 Å². The third-order valence-corrected chi connectivity index (χ3v) is 3.76. The van der Waals surface area contributed by atoms with Crippen molar-refractivity contribution in [1.29, 1.82) is 0 Å². The van der Waals surface area contributed by atoms with Gasteiger partial charge in [0.05, 0.1) is 19.9 Å². The summed E-state index contributed by atoms with van der Waals surface area (Å²) in [5, 5.41) is 3.48. The maximum atomic E-state index is 5.80. The molecular weight excluding hydrogens is 228 g/mol. The van der Waals surface area contributed by atoms with Gasteiger partial charge in [-0.3, -0.25) is 0 Å². The van der Waals surface area contributed by atoms with E-state index < -0.39 is 0 Å². The van der Waals surface area contributed by atoms with Crippen LogP contribution in [0.1, 0.15) is 18.4 Å². The highest BCUT2D eigenvalue weighted by molar-refractivity contribution is 5.64. The summed E-state index contributed by atoms with van der Waals surface area (Å²) in [6.45, 7) is 3.71. The highest BCUT2D eigenvalue weighted by Gasteiger charge is 2.41. The Bertz CT molecular complexity index is 428. The molecule has 0 unspecified atom stereocenters. The van der Waals surface area contributed by atoms with Crippen LogP contribution in [0.3, 0.4) is 0 Å². The molecule has 0 atom stereocenters. The molecule has 1 aromatic rings. The Morgan fingerprint density at radius 2 is 2.00 bits per heavy atom. The fourth-order valence-corrected chi connectivity index (χ4v) is 2.13. The van der Waals surface area contributed by atoms with Crippen LogP contribution in [-0.4, -0.2) is 27.3 Å². The summed E-state index contributed by atoms with van der Waals surface area (Å²) < 4.78 is 10.7. The topological polar surface area (TPSA) is 56.5 Å². The number of rotatable bonds is 6. The number of nitrogens with two attached hydrogens (primary N) is 1. The van der Waals surface area contributed by atoms with Gasteiger partial charge in [0.25, 0.3) is 0 Å². The minimum Gasteiger partial charge on any atom is -0.497 e. The number of methoxy groups -OCH3 is 2. The maximum absolute atomic E-state index is 5.80. The second kappa shape index (κ2) is 5.06. The fraction of sp³-hybridized carbons (Fsp3) is 0.571. The molecule has 1 aliphatic carbocycles. The average Bonchev–Trinajstić information content (AvgIpc) is 3.17. The number of aryl methyl sites for hydroxylation is 1. The molecule has 4 heteroatoms. The van der Waals surface area contributed by atoms with Crippen molar-refractivity contribution in [2.75, 3.05) is 32.6 Å². The van der Waals surface area contributed by atoms with E-state index in [0.29, 0.717) is 5.41 Å². The van der Waals surface area contributed by atoms with E-state index in [4.69, 9.17) is 15.2 Å². The van der Waals surface area contributed by atoms with Crippen molar-refractivity contribution in [1.82, 2.24) is 0 Å². The molecule has 1 saturated carbocycles. The van der Waals surface area contributed by atoms with Gasteiger partial charge in [-0.05, 0) is 43.4 Å². The van der Waals surface area contributed by atoms with Crippen LogP contribution in [0.4, 0.5) is 5.69 Å². The lowest BCUT2D eigenvalue weighted by Gasteiger charge is -2.19. The first-order valence-corrected chi connectivity index (χ1v) is 6.31. The fourth-order valence-electron chi connectivity index (χ4n) is 2.13. The molecule has 0 spiro atoms. The van der Waals surface area contributed by atoms with Gasteiger partial charge < -0.3 is 20.5 Å². The largest absolute Gasteiger partial charge is 0.497 e. The number of hydrogen-bond donors (Lipinski definition) is 2. The van der Waals surface area contributed by atoms with Crippen molar-refractivity contribution in [3.8, 4) is 11.5 Å². The Balaban J connectivity index is 2.16. The molecule has 100 valence electrons. The van der Waals surface area contributed by atoms with Crippen LogP contribution in [0.15, 0.2) is 12.1 Å². The van der Waals surface area contributed by atoms with E-state index in [1.54, 1.807) is 14.2 Å². The number of anilines is 1. The molecule has 3 N–H and O–H groups in total. The van der Waals surface area contributed by atoms with Crippen molar-refractivity contribution < 1.29 is 9.47 Å². The van der Waals surface area contributed by atoms with Gasteiger partial charge in [0, 0.05) is 12.6 Å². The van der Waals surface area contributed by atoms with Crippen molar-refractivity contribution in [2.24, 2.45) is 11.1 Å². The predicted molar refractivity (Wildman–Crippen MR) is 73.5 cm³/mol. The van der Waals surface area contributed by atoms with E-state index in [1.165, 1.54) is 12.8 Å². The Morgan fingerprint density at radius 1 is 1.28 bits per heavy atom. The van der Waals surface area contributed by atoms with E-state index in [-0.39, 0.29) is 0 Å². The molecule has 0 saturated heterocycles. The van der Waals surface area contributed by atoms with Gasteiger partial charge in [-0.1, -0.05) is 0 Å². The number of ether oxygens (including phenoxy) is 2. The first-order chi connectivity index (χ1) is 8.64. The van der Waals surface area contributed by atoms with Gasteiger partial charge in [0.2, 0.25) is 0 Å². The molecule has 0 radical (unpaired) electrons. The second-order valence-electron chi connectivity index (χ2n) is 5.08. The van der Waals surface area contributed by atoms with Gasteiger partial charge in [0.1, 0.15) is 11.5 Å². The van der Waals surface area contributed by atoms with Crippen LogP contribution in [0.2, 0.25) is 0 Å². The van der Waals surface area contributed by atoms with Crippen LogP contribution in [-0.2, 0) is 0 Å². The lowest BCUT2D eigenvalue weighted by Crippen LogP contribution is -2.24. The van der Waals surface area contributed by atoms with E-state index in [1.807, 2.05) is 12.1 Å². The lowest BCUT2D eigenvalue weighted by molar-refractivity contribution is 0.394. The van der Waals surface area contributed by atoms with Gasteiger partial charge in [0.15, 0.2) is 0 Å². The second-order valence-corrected chi connectivity index (χ2v) is 5.08. The van der Waals surface area contributed by atoms with Gasteiger partial charge in [-0.15, -0.1) is 0 Å². The quantitative estimate of drug-likeness (QED) is 0.812. The molecular formula is C14H22N2O2. The standard InChI is InChI=1S/C14H22N2O2/c1-10-6-11(17-2)7-12(18-3)13(10)16-9-14(8-15)4-5-14/h6-7,16H,4-5,8-9,15H2,1-3H3. The lowest BCUT2D eigenvalue weighted by atomic mass is 10.1. The van der Waals surface area contributed by atoms with E-state index in [0.717, 1.165) is 35.8 Å². The summed E-state index contributed by atoms with van der Waals surface area (Å²) in [7, 11) is 3.34. The van der Waals surface area contributed by atoms with E-state index in [9.17, 15) is 0 Å². The normalized spacial score (nSPS) is 16.2. The molecule has 18 heavy (non-hydrogen) atoms. The van der Waals surface area contributed by atoms with Crippen molar-refractivity contribution >= 4 is 5.69 Å². The van der Waals surface area contributed by atoms with Gasteiger partial charge in [-0.25, -0.2) is 0 Å². The molecule has 0 aromatic heterocycles. The first kappa shape index (κ1) is 13.0. The van der Waals surface area contributed by atoms with Crippen LogP contribution in [0.25, 0.3) is 0 Å². The number of benzene rings is 1. The van der Waals surface area contributed by atoms with Crippen molar-refractivity contribution in [3.63, 3.8) is 0 Å². The predicted octanol–water partition coefficient (Wildman–Crippen LogP) is 2.16. The van der Waals surface area contributed by atoms with Gasteiger partial charge in [-0.2, -0.15) is 0 Å². The van der Waals surface area contributed by atoms with Crippen LogP contribution < -0.4 is 20.5 Å². The summed E-state index contributed by atoms with van der Waals surface area (Å²) >= 11 is 0. The highest BCUT2D eigenvalue weighted by Crippen LogP contribution is 2.45. The Labute approximate surface area is 108 Å². The molecule has 1 fully saturated rings. The molecule has 0 amide bonds. The molecule has 4 nitrogen and oxygen atoms in total.